The molecule has 0 saturated heterocycles. The number of hydrogen-bond acceptors (Lipinski definition) is 3. The van der Waals surface area contributed by atoms with Gasteiger partial charge < -0.3 is 15.2 Å². The molecule has 3 heteroatoms. The highest BCUT2D eigenvalue weighted by Gasteiger charge is 2.32. The van der Waals surface area contributed by atoms with E-state index in [9.17, 15) is 5.11 Å². The molecule has 3 nitrogen and oxygen atoms in total. The lowest BCUT2D eigenvalue weighted by atomic mass is 9.77. The maximum Gasteiger partial charge on any atom is 0.147 e. The van der Waals surface area contributed by atoms with Crippen LogP contribution in [0.15, 0.2) is 58.4 Å². The minimum absolute atomic E-state index is 0.275. The van der Waals surface area contributed by atoms with Crippen LogP contribution in [0.3, 0.4) is 0 Å². The Morgan fingerprint density at radius 3 is 2.68 bits per heavy atom. The largest absolute Gasteiger partial charge is 0.381 e. The summed E-state index contributed by atoms with van der Waals surface area (Å²) in [5.41, 5.74) is 7.78. The molecule has 2 aliphatic rings. The molecule has 0 aromatic carbocycles. The van der Waals surface area contributed by atoms with Crippen LogP contribution in [0.2, 0.25) is 0 Å². The third kappa shape index (κ3) is 5.71. The van der Waals surface area contributed by atoms with Crippen molar-refractivity contribution in [1.82, 2.24) is 5.32 Å². The molecular formula is C25H39NO2. The molecule has 0 radical (unpaired) electrons. The topological polar surface area (TPSA) is 41.5 Å². The highest BCUT2D eigenvalue weighted by atomic mass is 16.5. The summed E-state index contributed by atoms with van der Waals surface area (Å²) in [6.45, 7) is 11.6. The lowest BCUT2D eigenvalue weighted by Crippen LogP contribution is -2.26. The molecule has 0 aromatic rings. The molecule has 0 fully saturated rings. The molecule has 2 unspecified atom stereocenters. The minimum Gasteiger partial charge on any atom is -0.381 e. The van der Waals surface area contributed by atoms with Crippen molar-refractivity contribution in [2.75, 3.05) is 13.7 Å². The Labute approximate surface area is 171 Å². The van der Waals surface area contributed by atoms with E-state index in [0.717, 1.165) is 43.4 Å². The van der Waals surface area contributed by atoms with Crippen LogP contribution in [0.25, 0.3) is 0 Å². The lowest BCUT2D eigenvalue weighted by Gasteiger charge is -2.28. The second-order valence-corrected chi connectivity index (χ2v) is 8.01. The zero-order chi connectivity index (χ0) is 20.5. The summed E-state index contributed by atoms with van der Waals surface area (Å²) >= 11 is 0. The number of hydrogen-bond donors (Lipinski definition) is 2. The average molecular weight is 386 g/mol. The quantitative estimate of drug-likeness (QED) is 0.432. The highest BCUT2D eigenvalue weighted by Crippen LogP contribution is 2.41. The van der Waals surface area contributed by atoms with Crippen molar-refractivity contribution in [3.8, 4) is 0 Å². The fraction of sp³-hybridized carbons (Fsp3) is 0.600. The Hall–Kier alpha value is -1.58. The first kappa shape index (κ1) is 22.7. The molecule has 156 valence electrons. The zero-order valence-electron chi connectivity index (χ0n) is 18.3. The van der Waals surface area contributed by atoms with E-state index >= 15 is 0 Å². The third-order valence-electron chi connectivity index (χ3n) is 5.94. The lowest BCUT2D eigenvalue weighted by molar-refractivity contribution is 0.185. The number of aliphatic hydroxyl groups is 1. The van der Waals surface area contributed by atoms with E-state index in [2.05, 4.69) is 50.9 Å². The van der Waals surface area contributed by atoms with Gasteiger partial charge in [-0.15, -0.1) is 0 Å². The monoisotopic (exact) mass is 385 g/mol. The van der Waals surface area contributed by atoms with E-state index in [1.807, 2.05) is 0 Å². The summed E-state index contributed by atoms with van der Waals surface area (Å²) in [6.07, 6.45) is 14.8. The fourth-order valence-corrected chi connectivity index (χ4v) is 4.40. The van der Waals surface area contributed by atoms with Crippen molar-refractivity contribution < 1.29 is 9.84 Å². The van der Waals surface area contributed by atoms with Gasteiger partial charge in [0.25, 0.3) is 0 Å². The molecule has 28 heavy (non-hydrogen) atoms. The number of methoxy groups -OCH3 is 1. The summed E-state index contributed by atoms with van der Waals surface area (Å²) < 4.78 is 5.08. The van der Waals surface area contributed by atoms with E-state index in [1.165, 1.54) is 36.0 Å². The SMILES string of the molecule is C=C1NC(O)C(C2C=C(CCCC)C(C)=C(CCC)C2)=C1CC/C=C\COC. The normalized spacial score (nSPS) is 23.0. The number of ether oxygens (including phenoxy) is 1. The maximum absolute atomic E-state index is 10.8. The van der Waals surface area contributed by atoms with E-state index < -0.39 is 6.23 Å². The van der Waals surface area contributed by atoms with Crippen LogP contribution in [0.5, 0.6) is 0 Å². The van der Waals surface area contributed by atoms with Gasteiger partial charge in [0.1, 0.15) is 6.23 Å². The average Bonchev–Trinajstić information content (AvgIpc) is 2.95. The molecule has 2 atom stereocenters. The number of nitrogens with one attached hydrogen (secondary N) is 1. The Kier molecular flexibility index (Phi) is 9.27. The summed E-state index contributed by atoms with van der Waals surface area (Å²) in [6, 6.07) is 0. The minimum atomic E-state index is -0.611. The van der Waals surface area contributed by atoms with Crippen molar-refractivity contribution in [3.63, 3.8) is 0 Å². The highest BCUT2D eigenvalue weighted by molar-refractivity contribution is 5.48. The molecule has 1 aliphatic carbocycles. The Balaban J connectivity index is 2.29. The Morgan fingerprint density at radius 2 is 2.00 bits per heavy atom. The zero-order valence-corrected chi connectivity index (χ0v) is 18.3. The second-order valence-electron chi connectivity index (χ2n) is 8.01. The Bertz CT molecular complexity index is 666. The van der Waals surface area contributed by atoms with Crippen LogP contribution in [-0.2, 0) is 4.74 Å². The van der Waals surface area contributed by atoms with Crippen LogP contribution in [0.1, 0.15) is 72.1 Å². The van der Waals surface area contributed by atoms with Crippen LogP contribution in [-0.4, -0.2) is 25.1 Å². The van der Waals surface area contributed by atoms with Gasteiger partial charge in [0.15, 0.2) is 0 Å². The molecule has 0 saturated carbocycles. The van der Waals surface area contributed by atoms with Crippen molar-refractivity contribution in [2.45, 2.75) is 78.4 Å². The molecular weight excluding hydrogens is 346 g/mol. The number of rotatable bonds is 11. The van der Waals surface area contributed by atoms with Gasteiger partial charge in [-0.25, -0.2) is 0 Å². The standard InChI is InChI=1S/C25H39NO2/c1-6-8-13-21-17-22(16-20(12-7-2)18(21)3)24-23(19(4)26-25(24)27)14-10-9-11-15-28-5/h9,11,17,22,25-27H,4,6-8,10,12-16H2,1-3,5H3/b11-9-. The summed E-state index contributed by atoms with van der Waals surface area (Å²) in [5, 5.41) is 13.9. The van der Waals surface area contributed by atoms with E-state index in [1.54, 1.807) is 12.7 Å². The predicted octanol–water partition coefficient (Wildman–Crippen LogP) is 5.95. The maximum atomic E-state index is 10.8. The van der Waals surface area contributed by atoms with Crippen LogP contribution in [0, 0.1) is 5.92 Å². The van der Waals surface area contributed by atoms with Gasteiger partial charge >= 0.3 is 0 Å². The van der Waals surface area contributed by atoms with Crippen molar-refractivity contribution in [2.24, 2.45) is 5.92 Å². The molecule has 0 spiro atoms. The first-order valence-electron chi connectivity index (χ1n) is 10.9. The van der Waals surface area contributed by atoms with Crippen LogP contribution >= 0.6 is 0 Å². The molecule has 2 rings (SSSR count). The molecule has 1 heterocycles. The van der Waals surface area contributed by atoms with E-state index in [0.29, 0.717) is 6.61 Å². The number of allylic oxidation sites excluding steroid dienone is 6. The number of aliphatic hydroxyl groups excluding tert-OH is 1. The van der Waals surface area contributed by atoms with Crippen molar-refractivity contribution in [1.29, 1.82) is 0 Å². The molecule has 0 aromatic heterocycles. The van der Waals surface area contributed by atoms with Gasteiger partial charge in [-0.05, 0) is 67.7 Å². The van der Waals surface area contributed by atoms with Gasteiger partial charge in [0.05, 0.1) is 6.61 Å². The molecule has 0 amide bonds. The van der Waals surface area contributed by atoms with Gasteiger partial charge in [-0.1, -0.05) is 57.1 Å². The third-order valence-corrected chi connectivity index (χ3v) is 5.94. The van der Waals surface area contributed by atoms with Crippen LogP contribution < -0.4 is 5.32 Å². The van der Waals surface area contributed by atoms with Crippen molar-refractivity contribution in [3.05, 3.63) is 58.4 Å². The number of unbranched alkanes of at least 4 members (excludes halogenated alkanes) is 1. The van der Waals surface area contributed by atoms with Gasteiger partial charge in [-0.2, -0.15) is 0 Å². The predicted molar refractivity (Wildman–Crippen MR) is 119 cm³/mol. The molecule has 2 N–H and O–H groups in total. The Morgan fingerprint density at radius 1 is 1.21 bits per heavy atom. The summed E-state index contributed by atoms with van der Waals surface area (Å²) in [5.74, 6) is 0.275. The summed E-state index contributed by atoms with van der Waals surface area (Å²) in [4.78, 5) is 0. The van der Waals surface area contributed by atoms with E-state index in [-0.39, 0.29) is 5.92 Å². The second kappa shape index (κ2) is 11.4. The first-order valence-corrected chi connectivity index (χ1v) is 10.9. The molecule has 0 bridgehead atoms. The van der Waals surface area contributed by atoms with Gasteiger partial charge in [-0.3, -0.25) is 0 Å². The van der Waals surface area contributed by atoms with E-state index in [4.69, 9.17) is 4.74 Å². The van der Waals surface area contributed by atoms with Gasteiger partial charge in [0.2, 0.25) is 0 Å². The van der Waals surface area contributed by atoms with Gasteiger partial charge in [0, 0.05) is 18.7 Å². The van der Waals surface area contributed by atoms with Crippen molar-refractivity contribution >= 4 is 0 Å². The first-order chi connectivity index (χ1) is 13.5. The summed E-state index contributed by atoms with van der Waals surface area (Å²) in [7, 11) is 1.71. The van der Waals surface area contributed by atoms with Crippen LogP contribution in [0.4, 0.5) is 0 Å². The smallest absolute Gasteiger partial charge is 0.147 e. The molecule has 1 aliphatic heterocycles. The fourth-order valence-electron chi connectivity index (χ4n) is 4.40.